The van der Waals surface area contributed by atoms with Crippen molar-refractivity contribution in [3.05, 3.63) is 69.8 Å². The van der Waals surface area contributed by atoms with Crippen molar-refractivity contribution in [3.8, 4) is 5.75 Å². The third-order valence-electron chi connectivity index (χ3n) is 3.68. The van der Waals surface area contributed by atoms with Gasteiger partial charge in [-0.2, -0.15) is 4.98 Å². The Morgan fingerprint density at radius 1 is 1.04 bits per heavy atom. The van der Waals surface area contributed by atoms with Crippen LogP contribution in [-0.4, -0.2) is 17.1 Å². The molecule has 0 spiro atoms. The van der Waals surface area contributed by atoms with Crippen LogP contribution in [0.15, 0.2) is 48.5 Å². The first-order valence-electron chi connectivity index (χ1n) is 7.98. The SMILES string of the molecule is COc1ccc(Cl)cc1Nc1nc(C)cc(NCc2ccccc2Cl)n1. The monoisotopic (exact) mass is 388 g/mol. The van der Waals surface area contributed by atoms with Gasteiger partial charge in [0.15, 0.2) is 0 Å². The maximum Gasteiger partial charge on any atom is 0.229 e. The van der Waals surface area contributed by atoms with Crippen molar-refractivity contribution in [3.63, 3.8) is 0 Å². The number of benzene rings is 2. The maximum atomic E-state index is 6.20. The van der Waals surface area contributed by atoms with Gasteiger partial charge in [0, 0.05) is 28.4 Å². The smallest absolute Gasteiger partial charge is 0.229 e. The van der Waals surface area contributed by atoms with Gasteiger partial charge in [-0.3, -0.25) is 0 Å². The number of hydrogen-bond donors (Lipinski definition) is 2. The topological polar surface area (TPSA) is 59.1 Å². The Morgan fingerprint density at radius 2 is 1.85 bits per heavy atom. The summed E-state index contributed by atoms with van der Waals surface area (Å²) in [5, 5.41) is 7.74. The number of methoxy groups -OCH3 is 1. The number of hydrogen-bond acceptors (Lipinski definition) is 5. The van der Waals surface area contributed by atoms with Gasteiger partial charge in [-0.1, -0.05) is 41.4 Å². The van der Waals surface area contributed by atoms with Gasteiger partial charge >= 0.3 is 0 Å². The number of nitrogens with zero attached hydrogens (tertiary/aromatic N) is 2. The molecule has 1 heterocycles. The standard InChI is InChI=1S/C19H18Cl2N4O/c1-12-9-18(22-11-13-5-3-4-6-15(13)21)25-19(23-12)24-16-10-14(20)7-8-17(16)26-2/h3-10H,11H2,1-2H3,(H2,22,23,24,25). The fourth-order valence-electron chi connectivity index (χ4n) is 2.44. The molecule has 7 heteroatoms. The zero-order valence-electron chi connectivity index (χ0n) is 14.4. The van der Waals surface area contributed by atoms with Crippen molar-refractivity contribution in [1.82, 2.24) is 9.97 Å². The summed E-state index contributed by atoms with van der Waals surface area (Å²) in [5.41, 5.74) is 2.52. The summed E-state index contributed by atoms with van der Waals surface area (Å²) in [6.45, 7) is 2.47. The van der Waals surface area contributed by atoms with Crippen molar-refractivity contribution in [2.24, 2.45) is 0 Å². The van der Waals surface area contributed by atoms with Crippen LogP contribution in [0.25, 0.3) is 0 Å². The van der Waals surface area contributed by atoms with E-state index in [1.54, 1.807) is 25.3 Å². The van der Waals surface area contributed by atoms with Crippen molar-refractivity contribution in [2.45, 2.75) is 13.5 Å². The molecule has 0 atom stereocenters. The zero-order valence-corrected chi connectivity index (χ0v) is 15.9. The average Bonchev–Trinajstić information content (AvgIpc) is 2.61. The molecule has 1 aromatic heterocycles. The van der Waals surface area contributed by atoms with E-state index in [2.05, 4.69) is 20.6 Å². The van der Waals surface area contributed by atoms with E-state index in [4.69, 9.17) is 27.9 Å². The largest absolute Gasteiger partial charge is 0.495 e. The molecule has 0 fully saturated rings. The molecule has 2 aromatic carbocycles. The van der Waals surface area contributed by atoms with Gasteiger partial charge in [0.2, 0.25) is 5.95 Å². The van der Waals surface area contributed by atoms with Gasteiger partial charge in [0.05, 0.1) is 12.8 Å². The lowest BCUT2D eigenvalue weighted by atomic mass is 10.2. The summed E-state index contributed by atoms with van der Waals surface area (Å²) in [7, 11) is 1.60. The van der Waals surface area contributed by atoms with Gasteiger partial charge in [-0.15, -0.1) is 0 Å². The van der Waals surface area contributed by atoms with Crippen molar-refractivity contribution >= 4 is 40.7 Å². The second-order valence-electron chi connectivity index (χ2n) is 5.63. The highest BCUT2D eigenvalue weighted by atomic mass is 35.5. The molecule has 0 aliphatic carbocycles. The van der Waals surface area contributed by atoms with Crippen LogP contribution in [0, 0.1) is 6.92 Å². The van der Waals surface area contributed by atoms with E-state index in [0.29, 0.717) is 39.8 Å². The minimum atomic E-state index is 0.451. The molecule has 0 bridgehead atoms. The summed E-state index contributed by atoms with van der Waals surface area (Å²) in [4.78, 5) is 8.92. The van der Waals surface area contributed by atoms with E-state index >= 15 is 0 Å². The Hall–Kier alpha value is -2.50. The molecule has 3 aromatic rings. The van der Waals surface area contributed by atoms with E-state index in [1.165, 1.54) is 0 Å². The van der Waals surface area contributed by atoms with Crippen LogP contribution in [0.4, 0.5) is 17.5 Å². The van der Waals surface area contributed by atoms with Gasteiger partial charge in [0.1, 0.15) is 11.6 Å². The van der Waals surface area contributed by atoms with Crippen molar-refractivity contribution in [1.29, 1.82) is 0 Å². The number of aryl methyl sites for hydroxylation is 1. The molecular weight excluding hydrogens is 371 g/mol. The Bertz CT molecular complexity index is 918. The average molecular weight is 389 g/mol. The third-order valence-corrected chi connectivity index (χ3v) is 4.28. The van der Waals surface area contributed by atoms with Crippen LogP contribution < -0.4 is 15.4 Å². The van der Waals surface area contributed by atoms with E-state index in [0.717, 1.165) is 11.3 Å². The quantitative estimate of drug-likeness (QED) is 0.587. The summed E-state index contributed by atoms with van der Waals surface area (Å²) >= 11 is 12.3. The van der Waals surface area contributed by atoms with Gasteiger partial charge < -0.3 is 15.4 Å². The number of nitrogens with one attached hydrogen (secondary N) is 2. The van der Waals surface area contributed by atoms with Crippen LogP contribution in [0.2, 0.25) is 10.0 Å². The third kappa shape index (κ3) is 4.56. The van der Waals surface area contributed by atoms with Crippen LogP contribution in [0.3, 0.4) is 0 Å². The van der Waals surface area contributed by atoms with Crippen LogP contribution in [0.5, 0.6) is 5.75 Å². The highest BCUT2D eigenvalue weighted by Crippen LogP contribution is 2.30. The molecule has 5 nitrogen and oxygen atoms in total. The minimum Gasteiger partial charge on any atom is -0.495 e. The van der Waals surface area contributed by atoms with E-state index in [1.807, 2.05) is 37.3 Å². The Labute approximate surface area is 162 Å². The zero-order chi connectivity index (χ0) is 18.5. The van der Waals surface area contributed by atoms with Crippen LogP contribution >= 0.6 is 23.2 Å². The van der Waals surface area contributed by atoms with Gasteiger partial charge in [0.25, 0.3) is 0 Å². The first kappa shape index (κ1) is 18.3. The first-order valence-corrected chi connectivity index (χ1v) is 8.74. The highest BCUT2D eigenvalue weighted by molar-refractivity contribution is 6.31. The molecule has 2 N–H and O–H groups in total. The molecule has 0 amide bonds. The Balaban J connectivity index is 1.80. The van der Waals surface area contributed by atoms with E-state index < -0.39 is 0 Å². The molecule has 0 radical (unpaired) electrons. The Morgan fingerprint density at radius 3 is 2.62 bits per heavy atom. The summed E-state index contributed by atoms with van der Waals surface area (Å²) < 4.78 is 5.34. The van der Waals surface area contributed by atoms with Gasteiger partial charge in [-0.05, 0) is 36.8 Å². The number of rotatable bonds is 6. The lowest BCUT2D eigenvalue weighted by molar-refractivity contribution is 0.417. The predicted molar refractivity (Wildman–Crippen MR) is 107 cm³/mol. The predicted octanol–water partition coefficient (Wildman–Crippen LogP) is 5.46. The number of anilines is 3. The fourth-order valence-corrected chi connectivity index (χ4v) is 2.82. The summed E-state index contributed by atoms with van der Waals surface area (Å²) in [5.74, 6) is 1.80. The van der Waals surface area contributed by atoms with E-state index in [-0.39, 0.29) is 0 Å². The number of aromatic nitrogens is 2. The lowest BCUT2D eigenvalue weighted by Gasteiger charge is -2.13. The first-order chi connectivity index (χ1) is 12.5. The summed E-state index contributed by atoms with van der Waals surface area (Å²) in [6, 6.07) is 14.9. The second kappa shape index (κ2) is 8.25. The van der Waals surface area contributed by atoms with Crippen molar-refractivity contribution in [2.75, 3.05) is 17.7 Å². The van der Waals surface area contributed by atoms with E-state index in [9.17, 15) is 0 Å². The maximum absolute atomic E-state index is 6.20. The van der Waals surface area contributed by atoms with Crippen LogP contribution in [0.1, 0.15) is 11.3 Å². The molecule has 0 aliphatic rings. The molecule has 134 valence electrons. The fraction of sp³-hybridized carbons (Fsp3) is 0.158. The molecule has 26 heavy (non-hydrogen) atoms. The molecule has 0 aliphatic heterocycles. The van der Waals surface area contributed by atoms with Crippen molar-refractivity contribution < 1.29 is 4.74 Å². The highest BCUT2D eigenvalue weighted by Gasteiger charge is 2.08. The minimum absolute atomic E-state index is 0.451. The lowest BCUT2D eigenvalue weighted by Crippen LogP contribution is -2.06. The van der Waals surface area contributed by atoms with Gasteiger partial charge in [-0.25, -0.2) is 4.98 Å². The van der Waals surface area contributed by atoms with Crippen LogP contribution in [-0.2, 0) is 6.54 Å². The Kier molecular flexibility index (Phi) is 5.81. The summed E-state index contributed by atoms with van der Waals surface area (Å²) in [6.07, 6.45) is 0. The number of ether oxygens (including phenoxy) is 1. The molecule has 0 saturated heterocycles. The molecule has 0 saturated carbocycles. The number of halogens is 2. The molecule has 0 unspecified atom stereocenters. The second-order valence-corrected chi connectivity index (χ2v) is 6.48. The molecule has 3 rings (SSSR count). The normalized spacial score (nSPS) is 10.5. The molecular formula is C19H18Cl2N4O.